The second-order valence-electron chi connectivity index (χ2n) is 7.05. The molecule has 6 N–H and O–H groups in total. The van der Waals surface area contributed by atoms with Gasteiger partial charge < -0.3 is 30.6 Å². The molecule has 1 aromatic rings. The van der Waals surface area contributed by atoms with Crippen molar-refractivity contribution < 1.29 is 30.6 Å². The van der Waals surface area contributed by atoms with Crippen molar-refractivity contribution in [1.82, 2.24) is 0 Å². The highest BCUT2D eigenvalue weighted by Gasteiger charge is 2.34. The molecule has 0 aliphatic heterocycles. The predicted molar refractivity (Wildman–Crippen MR) is 113 cm³/mol. The Morgan fingerprint density at radius 2 is 1.55 bits per heavy atom. The van der Waals surface area contributed by atoms with Crippen molar-refractivity contribution >= 4 is 17.7 Å². The summed E-state index contributed by atoms with van der Waals surface area (Å²) in [6.45, 7) is 1.96. The summed E-state index contributed by atoms with van der Waals surface area (Å²) in [7, 11) is 0. The molecule has 6 nitrogen and oxygen atoms in total. The summed E-state index contributed by atoms with van der Waals surface area (Å²) in [5.74, 6) is -1.18. The highest BCUT2D eigenvalue weighted by atomic mass is 35.5. The van der Waals surface area contributed by atoms with E-state index in [1.807, 2.05) is 6.92 Å². The van der Waals surface area contributed by atoms with Crippen molar-refractivity contribution in [1.29, 1.82) is 0 Å². The summed E-state index contributed by atoms with van der Waals surface area (Å²) >= 11 is 6.34. The Morgan fingerprint density at radius 1 is 1.00 bits per heavy atom. The van der Waals surface area contributed by atoms with Gasteiger partial charge in [0.2, 0.25) is 0 Å². The molecule has 1 aliphatic rings. The van der Waals surface area contributed by atoms with Gasteiger partial charge in [-0.05, 0) is 36.1 Å². The SMILES string of the molecule is CCC1(Cl)C=CC(C=C(O)[C@H](O)[C@@H](O)[C@H](O)[C@H](O)C(O)=Cc2ccccc2)=CC1. The van der Waals surface area contributed by atoms with Crippen LogP contribution >= 0.6 is 11.6 Å². The van der Waals surface area contributed by atoms with Crippen molar-refractivity contribution in [2.24, 2.45) is 0 Å². The molecule has 158 valence electrons. The van der Waals surface area contributed by atoms with E-state index in [2.05, 4.69) is 0 Å². The van der Waals surface area contributed by atoms with Crippen LogP contribution in [0.1, 0.15) is 25.3 Å². The van der Waals surface area contributed by atoms with E-state index < -0.39 is 40.8 Å². The Labute approximate surface area is 175 Å². The van der Waals surface area contributed by atoms with Crippen molar-refractivity contribution in [2.75, 3.05) is 0 Å². The summed E-state index contributed by atoms with van der Waals surface area (Å²) < 4.78 is 0. The van der Waals surface area contributed by atoms with Crippen LogP contribution in [0.4, 0.5) is 0 Å². The number of aliphatic hydroxyl groups is 6. The van der Waals surface area contributed by atoms with E-state index >= 15 is 0 Å². The summed E-state index contributed by atoms with van der Waals surface area (Å²) in [5, 5.41) is 60.6. The molecule has 1 unspecified atom stereocenters. The van der Waals surface area contributed by atoms with Gasteiger partial charge in [-0.15, -0.1) is 11.6 Å². The largest absolute Gasteiger partial charge is 0.509 e. The van der Waals surface area contributed by atoms with Crippen LogP contribution in [0.3, 0.4) is 0 Å². The van der Waals surface area contributed by atoms with Crippen molar-refractivity contribution in [3.63, 3.8) is 0 Å². The fourth-order valence-corrected chi connectivity index (χ4v) is 2.96. The predicted octanol–water partition coefficient (Wildman–Crippen LogP) is 2.74. The van der Waals surface area contributed by atoms with E-state index in [4.69, 9.17) is 11.6 Å². The second kappa shape index (κ2) is 10.1. The van der Waals surface area contributed by atoms with E-state index in [9.17, 15) is 30.6 Å². The fourth-order valence-electron chi connectivity index (χ4n) is 2.82. The van der Waals surface area contributed by atoms with Gasteiger partial charge in [0.1, 0.15) is 35.9 Å². The molecule has 0 saturated carbocycles. The molecule has 0 saturated heterocycles. The smallest absolute Gasteiger partial charge is 0.139 e. The lowest BCUT2D eigenvalue weighted by Crippen LogP contribution is -2.45. The third-order valence-electron chi connectivity index (χ3n) is 4.87. The van der Waals surface area contributed by atoms with E-state index in [1.54, 1.807) is 48.6 Å². The maximum absolute atomic E-state index is 10.1. The van der Waals surface area contributed by atoms with Crippen LogP contribution in [0.25, 0.3) is 6.08 Å². The highest BCUT2D eigenvalue weighted by Crippen LogP contribution is 2.31. The van der Waals surface area contributed by atoms with Gasteiger partial charge in [0.25, 0.3) is 0 Å². The highest BCUT2D eigenvalue weighted by molar-refractivity contribution is 6.25. The van der Waals surface area contributed by atoms with E-state index in [1.165, 1.54) is 12.2 Å². The lowest BCUT2D eigenvalue weighted by Gasteiger charge is -2.26. The Morgan fingerprint density at radius 3 is 2.03 bits per heavy atom. The van der Waals surface area contributed by atoms with Gasteiger partial charge in [0.15, 0.2) is 0 Å². The molecule has 0 bridgehead atoms. The summed E-state index contributed by atoms with van der Waals surface area (Å²) in [6, 6.07) is 8.59. The summed E-state index contributed by atoms with van der Waals surface area (Å²) in [4.78, 5) is -0.478. The van der Waals surface area contributed by atoms with Gasteiger partial charge in [-0.1, -0.05) is 55.5 Å². The molecule has 0 heterocycles. The lowest BCUT2D eigenvalue weighted by molar-refractivity contribution is -0.1000. The van der Waals surface area contributed by atoms with Crippen molar-refractivity contribution in [3.05, 3.63) is 77.3 Å². The van der Waals surface area contributed by atoms with Gasteiger partial charge in [-0.25, -0.2) is 0 Å². The third-order valence-corrected chi connectivity index (χ3v) is 5.42. The quantitative estimate of drug-likeness (QED) is 0.283. The van der Waals surface area contributed by atoms with Crippen molar-refractivity contribution in [2.45, 2.75) is 49.1 Å². The molecule has 0 fully saturated rings. The van der Waals surface area contributed by atoms with E-state index in [0.717, 1.165) is 6.42 Å². The fraction of sp³-hybridized carbons (Fsp3) is 0.364. The molecule has 29 heavy (non-hydrogen) atoms. The second-order valence-corrected chi connectivity index (χ2v) is 7.80. The lowest BCUT2D eigenvalue weighted by atomic mass is 9.92. The molecular weight excluding hydrogens is 396 g/mol. The van der Waals surface area contributed by atoms with Crippen LogP contribution < -0.4 is 0 Å². The zero-order chi connectivity index (χ0) is 21.6. The molecule has 7 heteroatoms. The maximum Gasteiger partial charge on any atom is 0.139 e. The van der Waals surface area contributed by atoms with Gasteiger partial charge in [-0.3, -0.25) is 0 Å². The zero-order valence-electron chi connectivity index (χ0n) is 16.1. The van der Waals surface area contributed by atoms with Crippen LogP contribution in [0.15, 0.2) is 71.7 Å². The number of halogens is 1. The maximum atomic E-state index is 10.1. The molecular formula is C22H27ClO6. The van der Waals surface area contributed by atoms with Crippen molar-refractivity contribution in [3.8, 4) is 0 Å². The molecule has 0 aromatic heterocycles. The molecule has 2 rings (SSSR count). The first-order valence-electron chi connectivity index (χ1n) is 9.33. The van der Waals surface area contributed by atoms with Gasteiger partial charge in [-0.2, -0.15) is 0 Å². The number of alkyl halides is 1. The minimum Gasteiger partial charge on any atom is -0.509 e. The van der Waals surface area contributed by atoms with Gasteiger partial charge in [0, 0.05) is 0 Å². The Bertz CT molecular complexity index is 801. The van der Waals surface area contributed by atoms with Gasteiger partial charge >= 0.3 is 0 Å². The summed E-state index contributed by atoms with van der Waals surface area (Å²) in [6.07, 6.45) is 1.41. The van der Waals surface area contributed by atoms with Gasteiger partial charge in [0.05, 0.1) is 4.87 Å². The third kappa shape index (κ3) is 6.19. The number of hydrogen-bond donors (Lipinski definition) is 6. The summed E-state index contributed by atoms with van der Waals surface area (Å²) in [5.41, 5.74) is 1.16. The van der Waals surface area contributed by atoms with E-state index in [-0.39, 0.29) is 0 Å². The first-order valence-corrected chi connectivity index (χ1v) is 9.71. The molecule has 0 spiro atoms. The topological polar surface area (TPSA) is 121 Å². The zero-order valence-corrected chi connectivity index (χ0v) is 16.8. The Hall–Kier alpha value is -2.09. The standard InChI is InChI=1S/C22H27ClO6/c1-2-22(23)10-8-15(9-11-22)13-17(25)19(27)21(29)20(28)18(26)16(24)12-14-6-4-3-5-7-14/h3-10,12-13,18-21,24-29H,2,11H2,1H3/t18-,19+,20-,21-,22?/m1/s1. The van der Waals surface area contributed by atoms with Crippen LogP contribution in [0.5, 0.6) is 0 Å². The minimum atomic E-state index is -1.94. The average molecular weight is 423 g/mol. The number of hydrogen-bond acceptors (Lipinski definition) is 6. The average Bonchev–Trinajstić information content (AvgIpc) is 2.74. The molecule has 0 amide bonds. The molecule has 1 aliphatic carbocycles. The van der Waals surface area contributed by atoms with Crippen LogP contribution in [0.2, 0.25) is 0 Å². The van der Waals surface area contributed by atoms with Crippen LogP contribution in [0, 0.1) is 0 Å². The molecule has 0 radical (unpaired) electrons. The molecule has 1 aromatic carbocycles. The first-order chi connectivity index (χ1) is 13.7. The minimum absolute atomic E-state index is 0.478. The first kappa shape index (κ1) is 23.2. The Balaban J connectivity index is 2.05. The number of benzene rings is 1. The normalized spacial score (nSPS) is 24.6. The Kier molecular flexibility index (Phi) is 8.07. The number of aliphatic hydroxyl groups excluding tert-OH is 6. The van der Waals surface area contributed by atoms with Crippen LogP contribution in [-0.2, 0) is 0 Å². The van der Waals surface area contributed by atoms with E-state index in [0.29, 0.717) is 17.6 Å². The monoisotopic (exact) mass is 422 g/mol. The van der Waals surface area contributed by atoms with Crippen LogP contribution in [-0.4, -0.2) is 59.9 Å². The number of allylic oxidation sites excluding steroid dienone is 5. The molecule has 5 atom stereocenters. The number of rotatable bonds is 8.